The molecule has 24 heavy (non-hydrogen) atoms. The van der Waals surface area contributed by atoms with E-state index in [0.717, 1.165) is 5.56 Å². The average molecular weight is 326 g/mol. The maximum absolute atomic E-state index is 12.2. The molecule has 5 nitrogen and oxygen atoms in total. The normalized spacial score (nSPS) is 11.5. The molecule has 0 spiro atoms. The number of carbonyl (C=O) groups excluding carboxylic acids is 2. The number of likely N-dealkylation sites (N-methyl/N-ethyl adjacent to an activating group) is 1. The number of rotatable bonds is 6. The van der Waals surface area contributed by atoms with Gasteiger partial charge in [-0.3, -0.25) is 9.59 Å². The molecule has 2 aromatic rings. The van der Waals surface area contributed by atoms with Crippen molar-refractivity contribution in [2.75, 3.05) is 19.4 Å². The number of benzene rings is 2. The maximum Gasteiger partial charge on any atom is 0.265 e. The van der Waals surface area contributed by atoms with Crippen molar-refractivity contribution in [3.05, 3.63) is 60.2 Å². The van der Waals surface area contributed by atoms with Gasteiger partial charge in [0.05, 0.1) is 6.42 Å². The molecule has 0 aliphatic rings. The van der Waals surface area contributed by atoms with Gasteiger partial charge in [0.1, 0.15) is 5.75 Å². The summed E-state index contributed by atoms with van der Waals surface area (Å²) < 4.78 is 5.59. The molecule has 126 valence electrons. The Morgan fingerprint density at radius 3 is 2.25 bits per heavy atom. The quantitative estimate of drug-likeness (QED) is 0.888. The maximum atomic E-state index is 12.2. The highest BCUT2D eigenvalue weighted by molar-refractivity contribution is 5.94. The van der Waals surface area contributed by atoms with Gasteiger partial charge in [-0.1, -0.05) is 30.3 Å². The molecule has 0 fully saturated rings. The van der Waals surface area contributed by atoms with Crippen molar-refractivity contribution in [2.45, 2.75) is 19.4 Å². The van der Waals surface area contributed by atoms with Crippen molar-refractivity contribution in [3.8, 4) is 5.75 Å². The highest BCUT2D eigenvalue weighted by Gasteiger charge is 2.15. The SMILES string of the molecule is CC(Oc1ccccc1)C(=O)Nc1ccc(CC(=O)N(C)C)cc1. The van der Waals surface area contributed by atoms with Gasteiger partial charge >= 0.3 is 0 Å². The predicted molar refractivity (Wildman–Crippen MR) is 94.0 cm³/mol. The van der Waals surface area contributed by atoms with E-state index in [-0.39, 0.29) is 11.8 Å². The van der Waals surface area contributed by atoms with Crippen LogP contribution in [-0.2, 0) is 16.0 Å². The van der Waals surface area contributed by atoms with E-state index in [4.69, 9.17) is 4.74 Å². The number of nitrogens with one attached hydrogen (secondary N) is 1. The van der Waals surface area contributed by atoms with Crippen molar-refractivity contribution >= 4 is 17.5 Å². The van der Waals surface area contributed by atoms with Gasteiger partial charge in [0.2, 0.25) is 5.91 Å². The van der Waals surface area contributed by atoms with Gasteiger partial charge < -0.3 is 15.0 Å². The Balaban J connectivity index is 1.90. The number of hydrogen-bond donors (Lipinski definition) is 1. The molecular formula is C19H22N2O3. The summed E-state index contributed by atoms with van der Waals surface area (Å²) in [5.74, 6) is 0.463. The van der Waals surface area contributed by atoms with Crippen LogP contribution in [0.15, 0.2) is 54.6 Å². The number of amides is 2. The number of carbonyl (C=O) groups is 2. The van der Waals surface area contributed by atoms with Crippen LogP contribution in [-0.4, -0.2) is 36.9 Å². The number of ether oxygens (including phenoxy) is 1. The monoisotopic (exact) mass is 326 g/mol. The number of hydrogen-bond acceptors (Lipinski definition) is 3. The Morgan fingerprint density at radius 2 is 1.67 bits per heavy atom. The van der Waals surface area contributed by atoms with E-state index in [1.807, 2.05) is 30.3 Å². The van der Waals surface area contributed by atoms with Gasteiger partial charge in [-0.25, -0.2) is 0 Å². The molecule has 0 saturated heterocycles. The molecule has 1 unspecified atom stereocenters. The molecular weight excluding hydrogens is 304 g/mol. The molecule has 2 amide bonds. The molecule has 1 atom stereocenters. The highest BCUT2D eigenvalue weighted by atomic mass is 16.5. The summed E-state index contributed by atoms with van der Waals surface area (Å²) in [4.78, 5) is 25.4. The molecule has 0 bridgehead atoms. The van der Waals surface area contributed by atoms with Gasteiger partial charge in [0.25, 0.3) is 5.91 Å². The highest BCUT2D eigenvalue weighted by Crippen LogP contribution is 2.14. The first-order valence-corrected chi connectivity index (χ1v) is 7.77. The second-order valence-corrected chi connectivity index (χ2v) is 5.72. The van der Waals surface area contributed by atoms with Gasteiger partial charge in [-0.05, 0) is 36.8 Å². The summed E-state index contributed by atoms with van der Waals surface area (Å²) in [6.07, 6.45) is -0.267. The third-order valence-electron chi connectivity index (χ3n) is 3.50. The summed E-state index contributed by atoms with van der Waals surface area (Å²) in [5, 5.41) is 2.81. The van der Waals surface area contributed by atoms with Crippen molar-refractivity contribution in [3.63, 3.8) is 0 Å². The van der Waals surface area contributed by atoms with Crippen molar-refractivity contribution in [1.29, 1.82) is 0 Å². The Morgan fingerprint density at radius 1 is 1.04 bits per heavy atom. The van der Waals surface area contributed by atoms with E-state index in [2.05, 4.69) is 5.32 Å². The Bertz CT molecular complexity index is 682. The van der Waals surface area contributed by atoms with Crippen LogP contribution in [0, 0.1) is 0 Å². The van der Waals surface area contributed by atoms with E-state index in [0.29, 0.717) is 17.9 Å². The summed E-state index contributed by atoms with van der Waals surface area (Å²) in [6, 6.07) is 16.4. The summed E-state index contributed by atoms with van der Waals surface area (Å²) >= 11 is 0. The van der Waals surface area contributed by atoms with Gasteiger partial charge in [0.15, 0.2) is 6.10 Å². The Hall–Kier alpha value is -2.82. The molecule has 0 heterocycles. The first-order chi connectivity index (χ1) is 11.5. The lowest BCUT2D eigenvalue weighted by atomic mass is 10.1. The topological polar surface area (TPSA) is 58.6 Å². The predicted octanol–water partition coefficient (Wildman–Crippen LogP) is 2.72. The molecule has 2 aromatic carbocycles. The van der Waals surface area contributed by atoms with E-state index >= 15 is 0 Å². The van der Waals surface area contributed by atoms with E-state index < -0.39 is 6.10 Å². The fourth-order valence-corrected chi connectivity index (χ4v) is 2.04. The largest absolute Gasteiger partial charge is 0.481 e. The molecule has 2 rings (SSSR count). The van der Waals surface area contributed by atoms with E-state index in [9.17, 15) is 9.59 Å². The van der Waals surface area contributed by atoms with Crippen LogP contribution in [0.3, 0.4) is 0 Å². The van der Waals surface area contributed by atoms with Gasteiger partial charge in [-0.15, -0.1) is 0 Å². The minimum atomic E-state index is -0.609. The third-order valence-corrected chi connectivity index (χ3v) is 3.50. The zero-order valence-electron chi connectivity index (χ0n) is 14.2. The first-order valence-electron chi connectivity index (χ1n) is 7.77. The van der Waals surface area contributed by atoms with Crippen LogP contribution in [0.4, 0.5) is 5.69 Å². The first kappa shape index (κ1) is 17.5. The number of nitrogens with zero attached hydrogens (tertiary/aromatic N) is 1. The van der Waals surface area contributed by atoms with E-state index in [1.165, 1.54) is 0 Å². The van der Waals surface area contributed by atoms with Crippen molar-refractivity contribution < 1.29 is 14.3 Å². The third kappa shape index (κ3) is 5.12. The van der Waals surface area contributed by atoms with Crippen molar-refractivity contribution in [1.82, 2.24) is 4.90 Å². The molecule has 0 aromatic heterocycles. The lowest BCUT2D eigenvalue weighted by Crippen LogP contribution is -2.30. The molecule has 1 N–H and O–H groups in total. The lowest BCUT2D eigenvalue weighted by molar-refractivity contribution is -0.128. The van der Waals surface area contributed by atoms with Crippen LogP contribution in [0.2, 0.25) is 0 Å². The standard InChI is InChI=1S/C19H22N2O3/c1-14(24-17-7-5-4-6-8-17)19(23)20-16-11-9-15(10-12-16)13-18(22)21(2)3/h4-12,14H,13H2,1-3H3,(H,20,23). The minimum absolute atomic E-state index is 0.0386. The molecule has 0 aliphatic carbocycles. The summed E-state index contributed by atoms with van der Waals surface area (Å²) in [7, 11) is 3.45. The number of para-hydroxylation sites is 1. The van der Waals surface area contributed by atoms with Crippen molar-refractivity contribution in [2.24, 2.45) is 0 Å². The molecule has 0 saturated carbocycles. The zero-order chi connectivity index (χ0) is 17.5. The smallest absolute Gasteiger partial charge is 0.265 e. The van der Waals surface area contributed by atoms with Gasteiger partial charge in [-0.2, -0.15) is 0 Å². The molecule has 0 aliphatic heterocycles. The summed E-state index contributed by atoms with van der Waals surface area (Å²) in [6.45, 7) is 1.70. The van der Waals surface area contributed by atoms with Crippen LogP contribution >= 0.6 is 0 Å². The molecule has 5 heteroatoms. The zero-order valence-corrected chi connectivity index (χ0v) is 14.2. The fraction of sp³-hybridized carbons (Fsp3) is 0.263. The number of anilines is 1. The Labute approximate surface area is 142 Å². The average Bonchev–Trinajstić information content (AvgIpc) is 2.57. The van der Waals surface area contributed by atoms with Gasteiger partial charge in [0, 0.05) is 19.8 Å². The molecule has 0 radical (unpaired) electrons. The lowest BCUT2D eigenvalue weighted by Gasteiger charge is -2.15. The fourth-order valence-electron chi connectivity index (χ4n) is 2.04. The van der Waals surface area contributed by atoms with E-state index in [1.54, 1.807) is 50.2 Å². The second kappa shape index (κ2) is 8.15. The van der Waals surface area contributed by atoms with Crippen LogP contribution in [0.25, 0.3) is 0 Å². The minimum Gasteiger partial charge on any atom is -0.481 e. The van der Waals surface area contributed by atoms with Crippen LogP contribution < -0.4 is 10.1 Å². The van der Waals surface area contributed by atoms with Crippen LogP contribution in [0.1, 0.15) is 12.5 Å². The Kier molecular flexibility index (Phi) is 5.95. The van der Waals surface area contributed by atoms with Crippen LogP contribution in [0.5, 0.6) is 5.75 Å². The summed E-state index contributed by atoms with van der Waals surface area (Å²) in [5.41, 5.74) is 1.57. The second-order valence-electron chi connectivity index (χ2n) is 5.72.